The number of anilines is 2. The molecule has 0 bridgehead atoms. The van der Waals surface area contributed by atoms with Crippen LogP contribution < -0.4 is 14.9 Å². The van der Waals surface area contributed by atoms with Gasteiger partial charge in [-0.3, -0.25) is 13.9 Å². The van der Waals surface area contributed by atoms with Gasteiger partial charge in [0, 0.05) is 18.2 Å². The maximum absolute atomic E-state index is 13.0. The summed E-state index contributed by atoms with van der Waals surface area (Å²) in [4.78, 5) is 25.6. The van der Waals surface area contributed by atoms with Crippen molar-refractivity contribution >= 4 is 33.2 Å². The lowest BCUT2D eigenvalue weighted by Crippen LogP contribution is -2.38. The monoisotopic (exact) mass is 443 g/mol. The number of aryl methyl sites for hydroxylation is 1. The second-order valence-electron chi connectivity index (χ2n) is 7.88. The molecule has 8 heteroatoms. The van der Waals surface area contributed by atoms with E-state index in [-0.39, 0.29) is 17.7 Å². The first-order valence-electron chi connectivity index (χ1n) is 10.5. The minimum absolute atomic E-state index is 0.0161. The summed E-state index contributed by atoms with van der Waals surface area (Å²) >= 11 is 0. The Labute approximate surface area is 183 Å². The van der Waals surface area contributed by atoms with E-state index in [0.717, 1.165) is 18.4 Å². The molecule has 0 radical (unpaired) electrons. The van der Waals surface area contributed by atoms with Crippen molar-refractivity contribution in [2.75, 3.05) is 21.9 Å². The van der Waals surface area contributed by atoms with E-state index in [2.05, 4.69) is 10.6 Å². The fourth-order valence-corrected chi connectivity index (χ4v) is 5.16. The van der Waals surface area contributed by atoms with E-state index in [0.29, 0.717) is 35.5 Å². The molecule has 1 aliphatic heterocycles. The minimum atomic E-state index is -3.38. The largest absolute Gasteiger partial charge is 0.350 e. The van der Waals surface area contributed by atoms with Crippen LogP contribution in [0.15, 0.2) is 42.5 Å². The molecule has 0 spiro atoms. The molecule has 0 aliphatic carbocycles. The van der Waals surface area contributed by atoms with Crippen molar-refractivity contribution < 1.29 is 18.0 Å². The number of carbonyl (C=O) groups is 2. The highest BCUT2D eigenvalue weighted by atomic mass is 32.2. The van der Waals surface area contributed by atoms with Crippen LogP contribution in [0.25, 0.3) is 0 Å². The normalized spacial score (nSPS) is 16.4. The number of hydrogen-bond acceptors (Lipinski definition) is 4. The zero-order chi connectivity index (χ0) is 22.6. The average molecular weight is 444 g/mol. The maximum atomic E-state index is 13.0. The summed E-state index contributed by atoms with van der Waals surface area (Å²) in [5.41, 5.74) is 2.42. The molecule has 166 valence electrons. The van der Waals surface area contributed by atoms with Crippen LogP contribution in [0, 0.1) is 6.92 Å². The minimum Gasteiger partial charge on any atom is -0.350 e. The van der Waals surface area contributed by atoms with Crippen molar-refractivity contribution in [3.63, 3.8) is 0 Å². The third kappa shape index (κ3) is 5.25. The number of para-hydroxylation sites is 1. The second kappa shape index (κ2) is 9.51. The van der Waals surface area contributed by atoms with E-state index in [1.165, 1.54) is 4.31 Å². The topological polar surface area (TPSA) is 95.6 Å². The van der Waals surface area contributed by atoms with Crippen LogP contribution in [0.3, 0.4) is 0 Å². The first-order chi connectivity index (χ1) is 14.7. The second-order valence-corrected chi connectivity index (χ2v) is 9.89. The van der Waals surface area contributed by atoms with Gasteiger partial charge < -0.3 is 10.6 Å². The Kier molecular flexibility index (Phi) is 7.00. The molecule has 1 aliphatic rings. The lowest BCUT2D eigenvalue weighted by molar-refractivity contribution is 0.0940. The number of benzene rings is 2. The molecule has 1 atom stereocenters. The Morgan fingerprint density at radius 2 is 1.84 bits per heavy atom. The molecular weight excluding hydrogens is 414 g/mol. The summed E-state index contributed by atoms with van der Waals surface area (Å²) in [5, 5.41) is 5.71. The highest BCUT2D eigenvalue weighted by Crippen LogP contribution is 2.28. The Morgan fingerprint density at radius 3 is 2.55 bits per heavy atom. The van der Waals surface area contributed by atoms with Gasteiger partial charge in [0.15, 0.2) is 0 Å². The number of nitrogens with zero attached hydrogens (tertiary/aromatic N) is 1. The first kappa shape index (κ1) is 22.8. The van der Waals surface area contributed by atoms with Crippen LogP contribution in [-0.2, 0) is 10.0 Å². The van der Waals surface area contributed by atoms with Crippen molar-refractivity contribution in [3.05, 3.63) is 59.2 Å². The maximum Gasteiger partial charge on any atom is 0.255 e. The van der Waals surface area contributed by atoms with Gasteiger partial charge in [0.2, 0.25) is 10.0 Å². The highest BCUT2D eigenvalue weighted by molar-refractivity contribution is 7.92. The molecule has 2 aromatic rings. The number of nitrogens with one attached hydrogen (secondary N) is 2. The van der Waals surface area contributed by atoms with Crippen LogP contribution in [0.1, 0.15) is 59.4 Å². The predicted molar refractivity (Wildman–Crippen MR) is 123 cm³/mol. The van der Waals surface area contributed by atoms with Gasteiger partial charge in [0.1, 0.15) is 0 Å². The molecule has 3 rings (SSSR count). The van der Waals surface area contributed by atoms with Crippen molar-refractivity contribution in [1.29, 1.82) is 0 Å². The Bertz CT molecular complexity index is 1080. The number of rotatable bonds is 6. The molecule has 1 saturated heterocycles. The quantitative estimate of drug-likeness (QED) is 0.711. The number of carbonyl (C=O) groups excluding carboxylic acids is 2. The molecule has 1 heterocycles. The lowest BCUT2D eigenvalue weighted by Gasteiger charge is -2.29. The van der Waals surface area contributed by atoms with E-state index < -0.39 is 15.9 Å². The fourth-order valence-electron chi connectivity index (χ4n) is 3.47. The van der Waals surface area contributed by atoms with Gasteiger partial charge in [0.25, 0.3) is 11.8 Å². The molecule has 0 aromatic heterocycles. The molecular formula is C23H29N3O4S. The van der Waals surface area contributed by atoms with Crippen molar-refractivity contribution in [1.82, 2.24) is 5.32 Å². The van der Waals surface area contributed by atoms with E-state index >= 15 is 0 Å². The third-order valence-corrected chi connectivity index (χ3v) is 7.35. The number of hydrogen-bond donors (Lipinski definition) is 2. The molecule has 0 saturated carbocycles. The summed E-state index contributed by atoms with van der Waals surface area (Å²) in [6, 6.07) is 11.9. The van der Waals surface area contributed by atoms with Gasteiger partial charge >= 0.3 is 0 Å². The summed E-state index contributed by atoms with van der Waals surface area (Å²) in [7, 11) is -3.38. The van der Waals surface area contributed by atoms with E-state index in [4.69, 9.17) is 0 Å². The van der Waals surface area contributed by atoms with Crippen molar-refractivity contribution in [2.45, 2.75) is 46.1 Å². The van der Waals surface area contributed by atoms with Gasteiger partial charge in [-0.15, -0.1) is 0 Å². The summed E-state index contributed by atoms with van der Waals surface area (Å²) in [6.07, 6.45) is 2.23. The van der Waals surface area contributed by atoms with Crippen LogP contribution in [0.5, 0.6) is 0 Å². The molecule has 2 amide bonds. The van der Waals surface area contributed by atoms with E-state index in [9.17, 15) is 18.0 Å². The summed E-state index contributed by atoms with van der Waals surface area (Å²) in [5.74, 6) is -0.546. The van der Waals surface area contributed by atoms with Gasteiger partial charge in [-0.2, -0.15) is 0 Å². The van der Waals surface area contributed by atoms with Gasteiger partial charge in [-0.25, -0.2) is 8.42 Å². The van der Waals surface area contributed by atoms with E-state index in [1.54, 1.807) is 42.5 Å². The first-order valence-corrected chi connectivity index (χ1v) is 12.2. The van der Waals surface area contributed by atoms with Gasteiger partial charge in [-0.05, 0) is 62.9 Å². The van der Waals surface area contributed by atoms with Gasteiger partial charge in [-0.1, -0.05) is 25.1 Å². The van der Waals surface area contributed by atoms with Crippen LogP contribution in [0.2, 0.25) is 0 Å². The zero-order valence-electron chi connectivity index (χ0n) is 18.1. The molecule has 2 aromatic carbocycles. The van der Waals surface area contributed by atoms with Crippen LogP contribution in [0.4, 0.5) is 11.4 Å². The number of sulfonamides is 1. The Morgan fingerprint density at radius 1 is 1.10 bits per heavy atom. The van der Waals surface area contributed by atoms with Crippen molar-refractivity contribution in [2.24, 2.45) is 0 Å². The molecule has 1 fully saturated rings. The summed E-state index contributed by atoms with van der Waals surface area (Å²) < 4.78 is 26.4. The Hall–Kier alpha value is -2.87. The third-order valence-electron chi connectivity index (χ3n) is 5.50. The average Bonchev–Trinajstić information content (AvgIpc) is 2.74. The molecule has 31 heavy (non-hydrogen) atoms. The van der Waals surface area contributed by atoms with E-state index in [1.807, 2.05) is 20.8 Å². The lowest BCUT2D eigenvalue weighted by atomic mass is 10.1. The SMILES string of the molecule is CCC(C)NC(=O)c1ccccc1NC(=O)c1ccc(C)c(N2CCCCS2(=O)=O)c1. The van der Waals surface area contributed by atoms with Gasteiger partial charge in [0.05, 0.1) is 22.7 Å². The Balaban J connectivity index is 1.86. The molecule has 1 unspecified atom stereocenters. The van der Waals surface area contributed by atoms with Crippen LogP contribution in [-0.4, -0.2) is 38.6 Å². The molecule has 7 nitrogen and oxygen atoms in total. The fraction of sp³-hybridized carbons (Fsp3) is 0.391. The smallest absolute Gasteiger partial charge is 0.255 e. The zero-order valence-corrected chi connectivity index (χ0v) is 19.0. The molecule has 2 N–H and O–H groups in total. The van der Waals surface area contributed by atoms with Crippen molar-refractivity contribution in [3.8, 4) is 0 Å². The highest BCUT2D eigenvalue weighted by Gasteiger charge is 2.27. The predicted octanol–water partition coefficient (Wildman–Crippen LogP) is 3.71. The standard InChI is InChI=1S/C23H29N3O4S/c1-4-17(3)24-23(28)19-9-5-6-10-20(19)25-22(27)18-12-11-16(2)21(15-18)26-13-7-8-14-31(26,29)30/h5-6,9-12,15,17H,4,7-8,13-14H2,1-3H3,(H,24,28)(H,25,27). The summed E-state index contributed by atoms with van der Waals surface area (Å²) in [6.45, 7) is 6.14. The number of amides is 2. The van der Waals surface area contributed by atoms with Crippen LogP contribution >= 0.6 is 0 Å².